The van der Waals surface area contributed by atoms with Crippen LogP contribution in [0.15, 0.2) is 30.3 Å². The highest BCUT2D eigenvalue weighted by Crippen LogP contribution is 2.29. The molecule has 5 heteroatoms. The number of phenols is 1. The number of benzene rings is 1. The minimum Gasteiger partial charge on any atom is -0.507 e. The Morgan fingerprint density at radius 1 is 1.16 bits per heavy atom. The van der Waals surface area contributed by atoms with Gasteiger partial charge in [0.05, 0.1) is 11.1 Å². The Kier molecular flexibility index (Phi) is 2.59. The van der Waals surface area contributed by atoms with Crippen LogP contribution in [0.5, 0.6) is 5.75 Å². The number of phenolic OH excluding ortho intramolecular Hbond substituents is 1. The van der Waals surface area contributed by atoms with E-state index in [4.69, 9.17) is 0 Å². The van der Waals surface area contributed by atoms with E-state index < -0.39 is 0 Å². The van der Waals surface area contributed by atoms with E-state index in [1.807, 2.05) is 38.2 Å². The molecule has 0 saturated carbocycles. The highest BCUT2D eigenvalue weighted by molar-refractivity contribution is 5.79. The van der Waals surface area contributed by atoms with Gasteiger partial charge in [-0.2, -0.15) is 0 Å². The molecule has 3 N–H and O–H groups in total. The summed E-state index contributed by atoms with van der Waals surface area (Å²) < 4.78 is 0. The highest BCUT2D eigenvalue weighted by Gasteiger charge is 2.10. The van der Waals surface area contributed by atoms with E-state index in [0.717, 1.165) is 16.9 Å². The van der Waals surface area contributed by atoms with E-state index in [1.165, 1.54) is 0 Å². The predicted molar refractivity (Wildman–Crippen MR) is 75.3 cm³/mol. The first-order chi connectivity index (χ1) is 9.17. The number of nitrogens with one attached hydrogen (secondary N) is 2. The summed E-state index contributed by atoms with van der Waals surface area (Å²) in [4.78, 5) is 12.0. The van der Waals surface area contributed by atoms with Crippen molar-refractivity contribution < 1.29 is 5.11 Å². The Morgan fingerprint density at radius 2 is 2.00 bits per heavy atom. The zero-order valence-corrected chi connectivity index (χ0v) is 10.7. The van der Waals surface area contributed by atoms with Gasteiger partial charge in [-0.1, -0.05) is 11.6 Å². The van der Waals surface area contributed by atoms with Crippen LogP contribution in [0, 0.1) is 6.92 Å². The lowest BCUT2D eigenvalue weighted by Crippen LogP contribution is -1.91. The number of H-pyrrole nitrogens is 1. The third-order valence-electron chi connectivity index (χ3n) is 3.01. The molecule has 0 atom stereocenters. The lowest BCUT2D eigenvalue weighted by molar-refractivity contribution is 0.477. The number of aromatic nitrogens is 3. The number of nitrogens with zero attached hydrogens (tertiary/aromatic N) is 2. The first-order valence-electron chi connectivity index (χ1n) is 6.02. The molecule has 3 aromatic rings. The summed E-state index contributed by atoms with van der Waals surface area (Å²) >= 11 is 0. The molecule has 1 aromatic carbocycles. The number of pyridine rings is 1. The van der Waals surface area contributed by atoms with Crippen LogP contribution in [0.25, 0.3) is 22.6 Å². The molecule has 0 unspecified atom stereocenters. The second kappa shape index (κ2) is 4.28. The molecule has 2 heterocycles. The second-order valence-corrected chi connectivity index (χ2v) is 4.42. The standard InChI is InChI=1S/C14H14N4O/c1-8-3-5-11(19)9(7-8)13-16-10-4-6-12(15-2)17-14(10)18-13/h3-7,19H,1-2H3,(H2,15,16,17,18). The molecule has 0 spiro atoms. The number of fused-ring (bicyclic) bond motifs is 1. The molecule has 96 valence electrons. The summed E-state index contributed by atoms with van der Waals surface area (Å²) in [6, 6.07) is 9.22. The van der Waals surface area contributed by atoms with Gasteiger partial charge in [0.25, 0.3) is 0 Å². The molecule has 0 aliphatic heterocycles. The maximum Gasteiger partial charge on any atom is 0.180 e. The van der Waals surface area contributed by atoms with Gasteiger partial charge >= 0.3 is 0 Å². The Hall–Kier alpha value is -2.56. The highest BCUT2D eigenvalue weighted by atomic mass is 16.3. The van der Waals surface area contributed by atoms with Gasteiger partial charge in [0.2, 0.25) is 0 Å². The van der Waals surface area contributed by atoms with E-state index in [-0.39, 0.29) is 5.75 Å². The van der Waals surface area contributed by atoms with Crippen molar-refractivity contribution in [3.63, 3.8) is 0 Å². The van der Waals surface area contributed by atoms with Crippen molar-refractivity contribution >= 4 is 17.0 Å². The first kappa shape index (κ1) is 11.5. The lowest BCUT2D eigenvalue weighted by atomic mass is 10.1. The van der Waals surface area contributed by atoms with E-state index in [1.54, 1.807) is 6.07 Å². The molecule has 0 amide bonds. The van der Waals surface area contributed by atoms with Crippen molar-refractivity contribution in [1.82, 2.24) is 15.0 Å². The number of hydrogen-bond donors (Lipinski definition) is 3. The molecule has 0 saturated heterocycles. The molecule has 0 bridgehead atoms. The maximum atomic E-state index is 9.92. The largest absolute Gasteiger partial charge is 0.507 e. The molecule has 19 heavy (non-hydrogen) atoms. The molecule has 0 aliphatic carbocycles. The van der Waals surface area contributed by atoms with Crippen LogP contribution in [-0.4, -0.2) is 27.1 Å². The van der Waals surface area contributed by atoms with Gasteiger partial charge in [0.1, 0.15) is 17.4 Å². The number of aromatic amines is 1. The van der Waals surface area contributed by atoms with Crippen LogP contribution in [0.2, 0.25) is 0 Å². The number of aromatic hydroxyl groups is 1. The van der Waals surface area contributed by atoms with Crippen molar-refractivity contribution in [3.8, 4) is 17.1 Å². The SMILES string of the molecule is CNc1ccc2[nH]c(-c3cc(C)ccc3O)nc2n1. The smallest absolute Gasteiger partial charge is 0.180 e. The van der Waals surface area contributed by atoms with Gasteiger partial charge in [-0.05, 0) is 31.2 Å². The van der Waals surface area contributed by atoms with Crippen LogP contribution in [0.4, 0.5) is 5.82 Å². The van der Waals surface area contributed by atoms with Gasteiger partial charge < -0.3 is 15.4 Å². The number of anilines is 1. The fourth-order valence-corrected chi connectivity index (χ4v) is 2.00. The van der Waals surface area contributed by atoms with Crippen molar-refractivity contribution in [1.29, 1.82) is 0 Å². The third kappa shape index (κ3) is 1.99. The fraction of sp³-hybridized carbons (Fsp3) is 0.143. The van der Waals surface area contributed by atoms with Crippen molar-refractivity contribution in [3.05, 3.63) is 35.9 Å². The zero-order valence-electron chi connectivity index (χ0n) is 10.7. The first-order valence-corrected chi connectivity index (χ1v) is 6.02. The lowest BCUT2D eigenvalue weighted by Gasteiger charge is -2.01. The van der Waals surface area contributed by atoms with Crippen molar-refractivity contribution in [2.45, 2.75) is 6.92 Å². The van der Waals surface area contributed by atoms with Crippen LogP contribution in [-0.2, 0) is 0 Å². The normalized spacial score (nSPS) is 10.8. The van der Waals surface area contributed by atoms with Gasteiger partial charge in [0, 0.05) is 7.05 Å². The van der Waals surface area contributed by atoms with Crippen LogP contribution in [0.1, 0.15) is 5.56 Å². The molecule has 0 radical (unpaired) electrons. The van der Waals surface area contributed by atoms with Gasteiger partial charge in [-0.3, -0.25) is 0 Å². The minimum absolute atomic E-state index is 0.207. The molecule has 0 fully saturated rings. The molecule has 2 aromatic heterocycles. The third-order valence-corrected chi connectivity index (χ3v) is 3.01. The van der Waals surface area contributed by atoms with Crippen molar-refractivity contribution in [2.24, 2.45) is 0 Å². The Morgan fingerprint density at radius 3 is 2.79 bits per heavy atom. The van der Waals surface area contributed by atoms with Gasteiger partial charge in [-0.15, -0.1) is 0 Å². The maximum absolute atomic E-state index is 9.92. The van der Waals surface area contributed by atoms with Gasteiger partial charge in [0.15, 0.2) is 5.65 Å². The molecular weight excluding hydrogens is 240 g/mol. The van der Waals surface area contributed by atoms with E-state index in [2.05, 4.69) is 20.3 Å². The van der Waals surface area contributed by atoms with Crippen molar-refractivity contribution in [2.75, 3.05) is 12.4 Å². The topological polar surface area (TPSA) is 73.8 Å². The van der Waals surface area contributed by atoms with E-state index in [0.29, 0.717) is 17.0 Å². The molecule has 3 rings (SSSR count). The van der Waals surface area contributed by atoms with E-state index >= 15 is 0 Å². The van der Waals surface area contributed by atoms with Crippen LogP contribution in [0.3, 0.4) is 0 Å². The summed E-state index contributed by atoms with van der Waals surface area (Å²) in [5.74, 6) is 1.59. The summed E-state index contributed by atoms with van der Waals surface area (Å²) in [7, 11) is 1.81. The number of aryl methyl sites for hydroxylation is 1. The van der Waals surface area contributed by atoms with Crippen LogP contribution < -0.4 is 5.32 Å². The second-order valence-electron chi connectivity index (χ2n) is 4.42. The van der Waals surface area contributed by atoms with Crippen LogP contribution >= 0.6 is 0 Å². The molecular formula is C14H14N4O. The zero-order chi connectivity index (χ0) is 13.4. The average Bonchev–Trinajstić information content (AvgIpc) is 2.83. The quantitative estimate of drug-likeness (QED) is 0.657. The monoisotopic (exact) mass is 254 g/mol. The Bertz CT molecular complexity index is 748. The van der Waals surface area contributed by atoms with E-state index in [9.17, 15) is 5.11 Å². The predicted octanol–water partition coefficient (Wildman–Crippen LogP) is 2.68. The summed E-state index contributed by atoms with van der Waals surface area (Å²) in [5.41, 5.74) is 3.22. The summed E-state index contributed by atoms with van der Waals surface area (Å²) in [6.45, 7) is 1.98. The summed E-state index contributed by atoms with van der Waals surface area (Å²) in [5, 5.41) is 12.9. The Labute approximate surface area is 110 Å². The molecule has 0 aliphatic rings. The minimum atomic E-state index is 0.207. The average molecular weight is 254 g/mol. The fourth-order valence-electron chi connectivity index (χ4n) is 2.00. The Balaban J connectivity index is 2.17. The number of rotatable bonds is 2. The number of hydrogen-bond acceptors (Lipinski definition) is 4. The summed E-state index contributed by atoms with van der Waals surface area (Å²) in [6.07, 6.45) is 0. The van der Waals surface area contributed by atoms with Gasteiger partial charge in [-0.25, -0.2) is 9.97 Å². The molecule has 5 nitrogen and oxygen atoms in total. The number of imidazole rings is 1.